The third kappa shape index (κ3) is 11.0. The molecule has 0 radical (unpaired) electrons. The second kappa shape index (κ2) is 16.9. The Morgan fingerprint density at radius 2 is 1.74 bits per heavy atom. The molecule has 9 nitrogen and oxygen atoms in total. The normalized spacial score (nSPS) is 18.1. The summed E-state index contributed by atoms with van der Waals surface area (Å²) < 4.78 is 65.7. The molecule has 2 N–H and O–H groups in total. The number of hydrogen-bond acceptors (Lipinski definition) is 7. The number of halogens is 5. The maximum atomic E-state index is 13.7. The zero-order valence-corrected chi connectivity index (χ0v) is 26.9. The number of aromatic nitrogens is 2. The van der Waals surface area contributed by atoms with Crippen LogP contribution < -0.4 is 10.9 Å². The van der Waals surface area contributed by atoms with Crippen molar-refractivity contribution in [3.05, 3.63) is 51.9 Å². The lowest BCUT2D eigenvalue weighted by Gasteiger charge is -2.30. The molecule has 0 bridgehead atoms. The Morgan fingerprint density at radius 3 is 2.36 bits per heavy atom. The van der Waals surface area contributed by atoms with Gasteiger partial charge >= 0.3 is 12.1 Å². The van der Waals surface area contributed by atoms with E-state index in [2.05, 4.69) is 5.32 Å². The fourth-order valence-corrected chi connectivity index (χ4v) is 6.78. The lowest BCUT2D eigenvalue weighted by molar-refractivity contribution is -0.192. The van der Waals surface area contributed by atoms with Crippen LogP contribution in [-0.2, 0) is 27.3 Å². The number of alkyl halides is 5. The average Bonchev–Trinajstić information content (AvgIpc) is 3.01. The third-order valence-corrected chi connectivity index (χ3v) is 9.71. The van der Waals surface area contributed by atoms with Crippen LogP contribution in [-0.4, -0.2) is 81.1 Å². The Hall–Kier alpha value is -3.04. The van der Waals surface area contributed by atoms with Crippen LogP contribution in [0, 0.1) is 0 Å². The molecule has 2 aromatic rings. The number of carbonyl (C=O) groups is 2. The van der Waals surface area contributed by atoms with E-state index in [1.807, 2.05) is 30.3 Å². The zero-order chi connectivity index (χ0) is 34.0. The maximum Gasteiger partial charge on any atom is 0.490 e. The molecule has 0 unspecified atom stereocenters. The van der Waals surface area contributed by atoms with Crippen molar-refractivity contribution < 1.29 is 41.4 Å². The Labute approximate surface area is 274 Å². The molecule has 2 saturated carbocycles. The number of benzene rings is 1. The van der Waals surface area contributed by atoms with Gasteiger partial charge in [0.1, 0.15) is 0 Å². The van der Waals surface area contributed by atoms with Gasteiger partial charge in [-0.25, -0.2) is 18.6 Å². The first-order valence-corrected chi connectivity index (χ1v) is 16.9. The summed E-state index contributed by atoms with van der Waals surface area (Å²) in [6.45, 7) is 2.40. The molecule has 3 aliphatic rings. The molecular formula is C32H41F5N4O5S. The molecule has 0 spiro atoms. The first kappa shape index (κ1) is 36.8. The molecule has 15 heteroatoms. The number of carbonyl (C=O) groups excluding carboxylic acids is 1. The zero-order valence-electron chi connectivity index (χ0n) is 26.1. The highest BCUT2D eigenvalue weighted by Crippen LogP contribution is 2.37. The maximum absolute atomic E-state index is 13.7. The van der Waals surface area contributed by atoms with Crippen molar-refractivity contribution in [3.8, 4) is 5.69 Å². The summed E-state index contributed by atoms with van der Waals surface area (Å²) >= 11 is 1.70. The van der Waals surface area contributed by atoms with Crippen LogP contribution in [0.4, 0.5) is 22.0 Å². The van der Waals surface area contributed by atoms with Gasteiger partial charge in [0.15, 0.2) is 5.16 Å². The molecule has 1 aliphatic heterocycles. The lowest BCUT2D eigenvalue weighted by atomic mass is 9.94. The number of para-hydroxylation sites is 1. The number of thioether (sulfide) groups is 1. The predicted octanol–water partition coefficient (Wildman–Crippen LogP) is 5.75. The van der Waals surface area contributed by atoms with Crippen molar-refractivity contribution in [1.29, 1.82) is 0 Å². The number of carboxylic acids is 1. The molecule has 47 heavy (non-hydrogen) atoms. The molecule has 260 valence electrons. The summed E-state index contributed by atoms with van der Waals surface area (Å²) in [5.74, 6) is -5.29. The molecule has 2 fully saturated rings. The van der Waals surface area contributed by atoms with Gasteiger partial charge in [0.05, 0.1) is 36.1 Å². The second-order valence-corrected chi connectivity index (χ2v) is 13.3. The van der Waals surface area contributed by atoms with Gasteiger partial charge in [-0.05, 0) is 63.6 Å². The summed E-state index contributed by atoms with van der Waals surface area (Å²) in [4.78, 5) is 42.3. The minimum absolute atomic E-state index is 0.0123. The largest absolute Gasteiger partial charge is 0.490 e. The van der Waals surface area contributed by atoms with Gasteiger partial charge in [-0.3, -0.25) is 14.2 Å². The number of rotatable bonds is 12. The Morgan fingerprint density at radius 1 is 1.06 bits per heavy atom. The van der Waals surface area contributed by atoms with Crippen molar-refractivity contribution >= 4 is 23.6 Å². The summed E-state index contributed by atoms with van der Waals surface area (Å²) in [5, 5.41) is 11.6. The molecule has 5 rings (SSSR count). The van der Waals surface area contributed by atoms with Crippen molar-refractivity contribution in [2.45, 2.75) is 106 Å². The molecule has 2 heterocycles. The molecule has 2 aliphatic carbocycles. The summed E-state index contributed by atoms with van der Waals surface area (Å²) in [6.07, 6.45) is 2.48. The monoisotopic (exact) mass is 688 g/mol. The highest BCUT2D eigenvalue weighted by molar-refractivity contribution is 7.99. The minimum Gasteiger partial charge on any atom is -0.475 e. The van der Waals surface area contributed by atoms with Crippen LogP contribution in [0.1, 0.15) is 75.5 Å². The second-order valence-electron chi connectivity index (χ2n) is 12.0. The van der Waals surface area contributed by atoms with E-state index in [1.54, 1.807) is 21.2 Å². The molecule has 0 atom stereocenters. The van der Waals surface area contributed by atoms with E-state index in [4.69, 9.17) is 19.6 Å². The number of aliphatic carboxylic acids is 1. The Balaban J connectivity index is 0.000000644. The standard InChI is InChI=1S/C30H40F2N4O3S.C2HF3O2/c31-30(32)15-12-23(13-16-30)39-19-6-2-5-17-33-20-27(37)35-18-14-26-25(21-35)28(38)36(22-8-3-1-4-9-22)29(34-26)40-24-10-7-11-24;3-2(4,5)1(6)7/h1,3-4,8-9,23-24,33H,2,5-7,10-21H2;(H,6,7). The fourth-order valence-electron chi connectivity index (χ4n) is 5.46. The number of amides is 1. The summed E-state index contributed by atoms with van der Waals surface area (Å²) in [5.41, 5.74) is 2.16. The van der Waals surface area contributed by atoms with Gasteiger partial charge in [-0.2, -0.15) is 13.2 Å². The predicted molar refractivity (Wildman–Crippen MR) is 166 cm³/mol. The van der Waals surface area contributed by atoms with Gasteiger partial charge in [0.25, 0.3) is 5.56 Å². The number of fused-ring (bicyclic) bond motifs is 1. The van der Waals surface area contributed by atoms with Crippen molar-refractivity contribution in [2.24, 2.45) is 0 Å². The van der Waals surface area contributed by atoms with Gasteiger partial charge in [-0.1, -0.05) is 36.4 Å². The van der Waals surface area contributed by atoms with E-state index in [0.29, 0.717) is 43.2 Å². The first-order chi connectivity index (χ1) is 22.3. The number of carboxylic acid groups (broad SMARTS) is 1. The number of nitrogens with one attached hydrogen (secondary N) is 1. The average molecular weight is 689 g/mol. The van der Waals surface area contributed by atoms with Crippen LogP contribution in [0.2, 0.25) is 0 Å². The summed E-state index contributed by atoms with van der Waals surface area (Å²) in [7, 11) is 0. The topological polar surface area (TPSA) is 114 Å². The molecule has 0 saturated heterocycles. The van der Waals surface area contributed by atoms with Crippen molar-refractivity contribution in [2.75, 3.05) is 26.2 Å². The van der Waals surface area contributed by atoms with Crippen LogP contribution in [0.25, 0.3) is 5.69 Å². The van der Waals surface area contributed by atoms with Crippen LogP contribution in [0.5, 0.6) is 0 Å². The smallest absolute Gasteiger partial charge is 0.475 e. The van der Waals surface area contributed by atoms with E-state index in [0.717, 1.165) is 55.2 Å². The highest BCUT2D eigenvalue weighted by atomic mass is 32.2. The molecule has 1 amide bonds. The number of ether oxygens (including phenoxy) is 1. The van der Waals surface area contributed by atoms with E-state index < -0.39 is 18.1 Å². The van der Waals surface area contributed by atoms with Gasteiger partial charge < -0.3 is 20.1 Å². The van der Waals surface area contributed by atoms with Crippen LogP contribution in [0.15, 0.2) is 40.3 Å². The summed E-state index contributed by atoms with van der Waals surface area (Å²) in [6, 6.07) is 9.64. The van der Waals surface area contributed by atoms with Crippen molar-refractivity contribution in [3.63, 3.8) is 0 Å². The number of unbranched alkanes of at least 4 members (excludes halogenated alkanes) is 2. The van der Waals surface area contributed by atoms with E-state index in [-0.39, 0.29) is 43.5 Å². The molecule has 1 aromatic carbocycles. The van der Waals surface area contributed by atoms with Crippen molar-refractivity contribution in [1.82, 2.24) is 19.8 Å². The molecule has 1 aromatic heterocycles. The lowest BCUT2D eigenvalue weighted by Crippen LogP contribution is -2.44. The molecular weight excluding hydrogens is 647 g/mol. The SMILES string of the molecule is O=C(CNCCCCCOC1CCC(F)(F)CC1)N1CCc2nc(SC3CCC3)n(-c3ccccc3)c(=O)c2C1.O=C(O)C(F)(F)F. The fraction of sp³-hybridized carbons (Fsp3) is 0.625. The Kier molecular flexibility index (Phi) is 13.2. The van der Waals surface area contributed by atoms with E-state index in [1.165, 1.54) is 6.42 Å². The number of hydrogen-bond donors (Lipinski definition) is 2. The first-order valence-electron chi connectivity index (χ1n) is 16.0. The minimum atomic E-state index is -5.08. The van der Waals surface area contributed by atoms with Crippen LogP contribution in [0.3, 0.4) is 0 Å². The van der Waals surface area contributed by atoms with Crippen LogP contribution >= 0.6 is 11.8 Å². The van der Waals surface area contributed by atoms with Gasteiger partial charge in [0, 0.05) is 37.7 Å². The van der Waals surface area contributed by atoms with E-state index >= 15 is 0 Å². The Bertz CT molecular complexity index is 1390. The van der Waals surface area contributed by atoms with Gasteiger partial charge in [-0.15, -0.1) is 0 Å². The van der Waals surface area contributed by atoms with Gasteiger partial charge in [0.2, 0.25) is 11.8 Å². The number of nitrogens with zero attached hydrogens (tertiary/aromatic N) is 3. The highest BCUT2D eigenvalue weighted by Gasteiger charge is 2.38. The quantitative estimate of drug-likeness (QED) is 0.165. The van der Waals surface area contributed by atoms with E-state index in [9.17, 15) is 31.5 Å². The third-order valence-electron chi connectivity index (χ3n) is 8.42.